The first kappa shape index (κ1) is 12.6. The van der Waals surface area contributed by atoms with Gasteiger partial charge in [0.05, 0.1) is 0 Å². The summed E-state index contributed by atoms with van der Waals surface area (Å²) in [4.78, 5) is 4.33. The zero-order valence-electron chi connectivity index (χ0n) is 12.5. The molecule has 0 aliphatic heterocycles. The summed E-state index contributed by atoms with van der Waals surface area (Å²) in [6.45, 7) is 4.00. The Bertz CT molecular complexity index is 860. The van der Waals surface area contributed by atoms with Crippen LogP contribution in [0.2, 0.25) is 0 Å². The highest BCUT2D eigenvalue weighted by molar-refractivity contribution is 6.13. The van der Waals surface area contributed by atoms with Gasteiger partial charge in [-0.2, -0.15) is 0 Å². The fourth-order valence-corrected chi connectivity index (χ4v) is 3.65. The van der Waals surface area contributed by atoms with Gasteiger partial charge in [-0.3, -0.25) is 4.98 Å². The summed E-state index contributed by atoms with van der Waals surface area (Å²) in [5.41, 5.74) is 2.96. The number of rotatable bonds is 0. The van der Waals surface area contributed by atoms with Gasteiger partial charge in [0.15, 0.2) is 0 Å². The monoisotopic (exact) mass is 273 g/mol. The first-order valence-corrected chi connectivity index (χ1v) is 7.90. The van der Waals surface area contributed by atoms with Gasteiger partial charge in [-0.1, -0.05) is 50.3 Å². The predicted molar refractivity (Wildman–Crippen MR) is 90.5 cm³/mol. The maximum atomic E-state index is 4.33. The maximum absolute atomic E-state index is 4.33. The third-order valence-corrected chi connectivity index (χ3v) is 4.63. The minimum Gasteiger partial charge on any atom is -0.264 e. The smallest absolute Gasteiger partial charge is 0.0352 e. The molecule has 104 valence electrons. The molecular formula is C20H19N. The van der Waals surface area contributed by atoms with Gasteiger partial charge in [0.2, 0.25) is 0 Å². The Hall–Kier alpha value is -2.15. The minimum absolute atomic E-state index is 0.745. The summed E-state index contributed by atoms with van der Waals surface area (Å²) in [5, 5.41) is 5.44. The second-order valence-electron chi connectivity index (χ2n) is 5.66. The molecule has 1 nitrogen and oxygen atoms in total. The molecule has 0 bridgehead atoms. The maximum Gasteiger partial charge on any atom is 0.0352 e. The van der Waals surface area contributed by atoms with Crippen molar-refractivity contribution in [1.29, 1.82) is 0 Å². The van der Waals surface area contributed by atoms with Crippen LogP contribution in [-0.4, -0.2) is 4.98 Å². The molecule has 0 radical (unpaired) electrons. The molecule has 0 saturated heterocycles. The van der Waals surface area contributed by atoms with E-state index in [-0.39, 0.29) is 0 Å². The van der Waals surface area contributed by atoms with Gasteiger partial charge in [0.25, 0.3) is 0 Å². The predicted octanol–water partition coefficient (Wildman–Crippen LogP) is 5.54. The van der Waals surface area contributed by atoms with Crippen LogP contribution in [-0.2, 0) is 0 Å². The van der Waals surface area contributed by atoms with E-state index in [1.165, 1.54) is 33.5 Å². The molecule has 2 aliphatic rings. The van der Waals surface area contributed by atoms with Crippen molar-refractivity contribution in [3.63, 3.8) is 0 Å². The molecule has 2 aromatic carbocycles. The number of allylic oxidation sites excluding steroid dienone is 1. The molecule has 1 aromatic heterocycles. The third-order valence-electron chi connectivity index (χ3n) is 4.63. The van der Waals surface area contributed by atoms with E-state index in [2.05, 4.69) is 47.5 Å². The second kappa shape index (κ2) is 4.70. The van der Waals surface area contributed by atoms with E-state index < -0.39 is 0 Å². The average molecular weight is 273 g/mol. The molecule has 2 aliphatic carbocycles. The summed E-state index contributed by atoms with van der Waals surface area (Å²) >= 11 is 0. The van der Waals surface area contributed by atoms with Gasteiger partial charge in [-0.05, 0) is 51.6 Å². The number of nitrogens with zero attached hydrogens (tertiary/aromatic N) is 1. The van der Waals surface area contributed by atoms with E-state index in [0.717, 1.165) is 11.8 Å². The van der Waals surface area contributed by atoms with Crippen LogP contribution in [0.5, 0.6) is 0 Å². The molecule has 0 amide bonds. The Kier molecular flexibility index (Phi) is 2.81. The van der Waals surface area contributed by atoms with Gasteiger partial charge in [0.1, 0.15) is 0 Å². The fourth-order valence-electron chi connectivity index (χ4n) is 3.65. The molecule has 1 saturated carbocycles. The van der Waals surface area contributed by atoms with E-state index in [1.807, 2.05) is 26.2 Å². The van der Waals surface area contributed by atoms with Crippen molar-refractivity contribution in [2.45, 2.75) is 26.2 Å². The van der Waals surface area contributed by atoms with Crippen molar-refractivity contribution in [3.05, 3.63) is 59.9 Å². The fraction of sp³-hybridized carbons (Fsp3) is 0.250. The van der Waals surface area contributed by atoms with Gasteiger partial charge in [-0.15, -0.1) is 0 Å². The molecule has 2 atom stereocenters. The molecular weight excluding hydrogens is 254 g/mol. The van der Waals surface area contributed by atoms with Crippen molar-refractivity contribution >= 4 is 27.6 Å². The van der Waals surface area contributed by atoms with Gasteiger partial charge in [-0.25, -0.2) is 0 Å². The number of hydrogen-bond donors (Lipinski definition) is 0. The highest BCUT2D eigenvalue weighted by Crippen LogP contribution is 2.55. The van der Waals surface area contributed by atoms with E-state index in [0.29, 0.717) is 0 Å². The number of benzene rings is 2. The Labute approximate surface area is 125 Å². The van der Waals surface area contributed by atoms with Crippen LogP contribution >= 0.6 is 0 Å². The molecule has 2 unspecified atom stereocenters. The number of aromatic nitrogens is 1. The normalized spacial score (nSPS) is 21.4. The van der Waals surface area contributed by atoms with Crippen molar-refractivity contribution in [1.82, 2.24) is 4.98 Å². The summed E-state index contributed by atoms with van der Waals surface area (Å²) in [5.74, 6) is 1.53. The van der Waals surface area contributed by atoms with E-state index in [1.54, 1.807) is 5.56 Å². The number of hydrogen-bond acceptors (Lipinski definition) is 1. The lowest BCUT2D eigenvalue weighted by Crippen LogP contribution is -1.97. The lowest BCUT2D eigenvalue weighted by atomic mass is 9.87. The summed E-state index contributed by atoms with van der Waals surface area (Å²) in [6.07, 6.45) is 9.94. The van der Waals surface area contributed by atoms with E-state index in [9.17, 15) is 0 Å². The first-order valence-electron chi connectivity index (χ1n) is 7.90. The van der Waals surface area contributed by atoms with Crippen LogP contribution in [0.4, 0.5) is 0 Å². The quantitative estimate of drug-likeness (QED) is 0.490. The van der Waals surface area contributed by atoms with Gasteiger partial charge >= 0.3 is 0 Å². The zero-order chi connectivity index (χ0) is 14.4. The van der Waals surface area contributed by atoms with Gasteiger partial charge in [0, 0.05) is 17.8 Å². The first-order chi connectivity index (χ1) is 10.4. The molecule has 5 rings (SSSR count). The highest BCUT2D eigenvalue weighted by atomic mass is 14.6. The molecule has 1 heterocycles. The average Bonchev–Trinajstić information content (AvgIpc) is 3.36. The van der Waals surface area contributed by atoms with Crippen LogP contribution in [0.3, 0.4) is 0 Å². The van der Waals surface area contributed by atoms with Crippen molar-refractivity contribution in [3.8, 4) is 0 Å². The lowest BCUT2D eigenvalue weighted by molar-refractivity contribution is 1.01. The summed E-state index contributed by atoms with van der Waals surface area (Å²) < 4.78 is 0. The molecule has 0 N–H and O–H groups in total. The lowest BCUT2D eigenvalue weighted by Gasteiger charge is -2.17. The number of fused-ring (bicyclic) bond motifs is 8. The molecule has 3 aromatic rings. The molecule has 1 fully saturated rings. The topological polar surface area (TPSA) is 12.9 Å². The SMILES string of the molecule is C1=CC2CC2c2c1c1cnccc1c1ccccc21.CC. The summed E-state index contributed by atoms with van der Waals surface area (Å²) in [6, 6.07) is 11.0. The molecule has 21 heavy (non-hydrogen) atoms. The summed E-state index contributed by atoms with van der Waals surface area (Å²) in [7, 11) is 0. The molecule has 1 heteroatoms. The Morgan fingerprint density at radius 1 is 0.952 bits per heavy atom. The minimum atomic E-state index is 0.745. The van der Waals surface area contributed by atoms with Crippen LogP contribution in [0.1, 0.15) is 37.3 Å². The van der Waals surface area contributed by atoms with E-state index in [4.69, 9.17) is 0 Å². The number of pyridine rings is 1. The largest absolute Gasteiger partial charge is 0.264 e. The Morgan fingerprint density at radius 3 is 2.57 bits per heavy atom. The van der Waals surface area contributed by atoms with Crippen molar-refractivity contribution < 1.29 is 0 Å². The zero-order valence-corrected chi connectivity index (χ0v) is 12.5. The van der Waals surface area contributed by atoms with Crippen LogP contribution < -0.4 is 0 Å². The molecule has 0 spiro atoms. The Balaban J connectivity index is 0.000000555. The van der Waals surface area contributed by atoms with Crippen molar-refractivity contribution in [2.75, 3.05) is 0 Å². The van der Waals surface area contributed by atoms with Gasteiger partial charge < -0.3 is 0 Å². The Morgan fingerprint density at radius 2 is 1.71 bits per heavy atom. The van der Waals surface area contributed by atoms with Crippen LogP contribution in [0.25, 0.3) is 27.6 Å². The van der Waals surface area contributed by atoms with Crippen molar-refractivity contribution in [2.24, 2.45) is 5.92 Å². The van der Waals surface area contributed by atoms with Crippen LogP contribution in [0.15, 0.2) is 48.8 Å². The highest BCUT2D eigenvalue weighted by Gasteiger charge is 2.41. The van der Waals surface area contributed by atoms with Crippen LogP contribution in [0, 0.1) is 5.92 Å². The third kappa shape index (κ3) is 1.73. The standard InChI is InChI=1S/C18H13N.C2H6/c1-2-4-14-12(3-1)13-7-8-19-10-17(13)15-6-5-11-9-16(11)18(14)15;1-2/h1-8,10-11,16H,9H2;1-2H3. The van der Waals surface area contributed by atoms with E-state index >= 15 is 0 Å². The second-order valence-corrected chi connectivity index (χ2v) is 5.66.